The van der Waals surface area contributed by atoms with Crippen LogP contribution in [0.5, 0.6) is 0 Å². The number of benzene rings is 2. The Bertz CT molecular complexity index is 815. The molecule has 2 N–H and O–H groups in total. The van der Waals surface area contributed by atoms with Gasteiger partial charge < -0.3 is 15.5 Å². The Kier molecular flexibility index (Phi) is 6.12. The third kappa shape index (κ3) is 5.09. The van der Waals surface area contributed by atoms with Gasteiger partial charge >= 0.3 is 11.8 Å². The summed E-state index contributed by atoms with van der Waals surface area (Å²) < 4.78 is 0. The molecule has 0 spiro atoms. The number of anilines is 1. The average molecular weight is 365 g/mol. The van der Waals surface area contributed by atoms with E-state index in [4.69, 9.17) is 0 Å². The number of rotatable bonds is 5. The normalized spacial score (nSPS) is 13.0. The van der Waals surface area contributed by atoms with Crippen LogP contribution in [-0.2, 0) is 29.0 Å². The summed E-state index contributed by atoms with van der Waals surface area (Å²) in [5, 5.41) is 5.36. The van der Waals surface area contributed by atoms with Crippen LogP contribution in [0.4, 0.5) is 5.69 Å². The van der Waals surface area contributed by atoms with Crippen molar-refractivity contribution < 1.29 is 9.59 Å². The van der Waals surface area contributed by atoms with Crippen LogP contribution in [0.2, 0.25) is 0 Å². The van der Waals surface area contributed by atoms with Crippen molar-refractivity contribution >= 4 is 17.5 Å². The number of hydrogen-bond donors (Lipinski definition) is 2. The summed E-state index contributed by atoms with van der Waals surface area (Å²) in [7, 11) is 2.12. The van der Waals surface area contributed by atoms with E-state index in [0.717, 1.165) is 24.1 Å². The Hall–Kier alpha value is -2.82. The molecule has 1 aliphatic heterocycles. The Labute approximate surface area is 160 Å². The fraction of sp³-hybridized carbons (Fsp3) is 0.364. The molecule has 2 amide bonds. The maximum absolute atomic E-state index is 12.0. The van der Waals surface area contributed by atoms with E-state index in [0.29, 0.717) is 19.5 Å². The molecule has 0 radical (unpaired) electrons. The minimum Gasteiger partial charge on any atom is -0.374 e. The lowest BCUT2D eigenvalue weighted by Crippen LogP contribution is -2.40. The summed E-state index contributed by atoms with van der Waals surface area (Å²) >= 11 is 0. The summed E-state index contributed by atoms with van der Waals surface area (Å²) in [5.41, 5.74) is 5.98. The third-order valence-corrected chi connectivity index (χ3v) is 4.97. The first-order chi connectivity index (χ1) is 13.0. The third-order valence-electron chi connectivity index (χ3n) is 4.97. The molecule has 0 atom stereocenters. The quantitative estimate of drug-likeness (QED) is 0.800. The SMILES string of the molecule is Cc1ccc(CNC(=O)C(=O)NCCc2ccc3c(c2)CCCN3C)cc1. The topological polar surface area (TPSA) is 61.4 Å². The first-order valence-corrected chi connectivity index (χ1v) is 9.47. The zero-order valence-corrected chi connectivity index (χ0v) is 16.0. The fourth-order valence-electron chi connectivity index (χ4n) is 3.36. The van der Waals surface area contributed by atoms with Crippen molar-refractivity contribution in [2.75, 3.05) is 25.0 Å². The molecule has 5 heteroatoms. The Morgan fingerprint density at radius 3 is 2.48 bits per heavy atom. The number of nitrogens with zero attached hydrogens (tertiary/aromatic N) is 1. The predicted octanol–water partition coefficient (Wildman–Crippen LogP) is 2.35. The Morgan fingerprint density at radius 1 is 1.00 bits per heavy atom. The van der Waals surface area contributed by atoms with Gasteiger partial charge in [0.25, 0.3) is 0 Å². The van der Waals surface area contributed by atoms with Gasteiger partial charge in [0.2, 0.25) is 0 Å². The van der Waals surface area contributed by atoms with E-state index in [-0.39, 0.29) is 0 Å². The number of carbonyl (C=O) groups is 2. The van der Waals surface area contributed by atoms with Crippen LogP contribution >= 0.6 is 0 Å². The van der Waals surface area contributed by atoms with Crippen molar-refractivity contribution in [3.63, 3.8) is 0 Å². The first kappa shape index (κ1) is 19.0. The van der Waals surface area contributed by atoms with Gasteiger partial charge in [0.05, 0.1) is 0 Å². The number of fused-ring (bicyclic) bond motifs is 1. The smallest absolute Gasteiger partial charge is 0.309 e. The lowest BCUT2D eigenvalue weighted by Gasteiger charge is -2.27. The number of carbonyl (C=O) groups excluding carboxylic acids is 2. The van der Waals surface area contributed by atoms with Crippen molar-refractivity contribution in [1.82, 2.24) is 10.6 Å². The van der Waals surface area contributed by atoms with Gasteiger partial charge in [-0.2, -0.15) is 0 Å². The van der Waals surface area contributed by atoms with Crippen LogP contribution < -0.4 is 15.5 Å². The molecule has 0 saturated heterocycles. The summed E-state index contributed by atoms with van der Waals surface area (Å²) in [4.78, 5) is 26.2. The van der Waals surface area contributed by atoms with Gasteiger partial charge in [-0.1, -0.05) is 42.0 Å². The molecule has 2 aromatic rings. The molecule has 3 rings (SSSR count). The molecule has 0 saturated carbocycles. The summed E-state index contributed by atoms with van der Waals surface area (Å²) in [6.07, 6.45) is 2.99. The van der Waals surface area contributed by atoms with Crippen molar-refractivity contribution in [3.05, 3.63) is 64.7 Å². The molecule has 142 valence electrons. The maximum atomic E-state index is 12.0. The molecule has 0 unspecified atom stereocenters. The second kappa shape index (κ2) is 8.71. The molecule has 0 bridgehead atoms. The van der Waals surface area contributed by atoms with E-state index in [2.05, 4.69) is 40.8 Å². The van der Waals surface area contributed by atoms with Crippen LogP contribution in [0.25, 0.3) is 0 Å². The van der Waals surface area contributed by atoms with Crippen molar-refractivity contribution in [1.29, 1.82) is 0 Å². The number of aryl methyl sites for hydroxylation is 2. The predicted molar refractivity (Wildman–Crippen MR) is 108 cm³/mol. The standard InChI is InChI=1S/C22H27N3O2/c1-16-5-7-18(8-6-16)15-24-22(27)21(26)23-12-11-17-9-10-20-19(14-17)4-3-13-25(20)2/h5-10,14H,3-4,11-13,15H2,1-2H3,(H,23,26)(H,24,27). The molecular weight excluding hydrogens is 338 g/mol. The van der Waals surface area contributed by atoms with Crippen LogP contribution in [-0.4, -0.2) is 32.0 Å². The molecular formula is C22H27N3O2. The van der Waals surface area contributed by atoms with E-state index < -0.39 is 11.8 Å². The second-order valence-corrected chi connectivity index (χ2v) is 7.16. The minimum absolute atomic E-state index is 0.352. The molecule has 27 heavy (non-hydrogen) atoms. The Balaban J connectivity index is 1.43. The molecule has 0 aromatic heterocycles. The number of nitrogens with one attached hydrogen (secondary N) is 2. The van der Waals surface area contributed by atoms with Gasteiger partial charge in [0.15, 0.2) is 0 Å². The van der Waals surface area contributed by atoms with Crippen LogP contribution in [0, 0.1) is 6.92 Å². The van der Waals surface area contributed by atoms with E-state index in [1.165, 1.54) is 23.2 Å². The molecule has 5 nitrogen and oxygen atoms in total. The molecule has 2 aromatic carbocycles. The summed E-state index contributed by atoms with van der Waals surface area (Å²) in [5.74, 6) is -1.18. The van der Waals surface area contributed by atoms with E-state index >= 15 is 0 Å². The highest BCUT2D eigenvalue weighted by Gasteiger charge is 2.15. The largest absolute Gasteiger partial charge is 0.374 e. The minimum atomic E-state index is -0.595. The van der Waals surface area contributed by atoms with Crippen LogP contribution in [0.3, 0.4) is 0 Å². The van der Waals surface area contributed by atoms with Gasteiger partial charge in [0.1, 0.15) is 0 Å². The average Bonchev–Trinajstić information content (AvgIpc) is 2.67. The molecule has 0 aliphatic carbocycles. The zero-order valence-electron chi connectivity index (χ0n) is 16.0. The van der Waals surface area contributed by atoms with E-state index in [9.17, 15) is 9.59 Å². The van der Waals surface area contributed by atoms with E-state index in [1.54, 1.807) is 0 Å². The number of amides is 2. The van der Waals surface area contributed by atoms with Crippen molar-refractivity contribution in [2.24, 2.45) is 0 Å². The summed E-state index contributed by atoms with van der Waals surface area (Å²) in [6.45, 7) is 3.91. The summed E-state index contributed by atoms with van der Waals surface area (Å²) in [6, 6.07) is 14.3. The highest BCUT2D eigenvalue weighted by atomic mass is 16.2. The van der Waals surface area contributed by atoms with Gasteiger partial charge in [-0.3, -0.25) is 9.59 Å². The second-order valence-electron chi connectivity index (χ2n) is 7.16. The highest BCUT2D eigenvalue weighted by molar-refractivity contribution is 6.35. The molecule has 1 heterocycles. The fourth-order valence-corrected chi connectivity index (χ4v) is 3.36. The van der Waals surface area contributed by atoms with Gasteiger partial charge in [0, 0.05) is 32.4 Å². The highest BCUT2D eigenvalue weighted by Crippen LogP contribution is 2.26. The van der Waals surface area contributed by atoms with Crippen molar-refractivity contribution in [2.45, 2.75) is 32.7 Å². The van der Waals surface area contributed by atoms with E-state index in [1.807, 2.05) is 31.2 Å². The maximum Gasteiger partial charge on any atom is 0.309 e. The molecule has 1 aliphatic rings. The lowest BCUT2D eigenvalue weighted by atomic mass is 9.98. The van der Waals surface area contributed by atoms with Crippen molar-refractivity contribution in [3.8, 4) is 0 Å². The zero-order chi connectivity index (χ0) is 19.2. The monoisotopic (exact) mass is 365 g/mol. The van der Waals surface area contributed by atoms with Crippen LogP contribution in [0.1, 0.15) is 28.7 Å². The lowest BCUT2D eigenvalue weighted by molar-refractivity contribution is -0.139. The first-order valence-electron chi connectivity index (χ1n) is 9.47. The molecule has 0 fully saturated rings. The van der Waals surface area contributed by atoms with Crippen LogP contribution in [0.15, 0.2) is 42.5 Å². The van der Waals surface area contributed by atoms with Gasteiger partial charge in [-0.15, -0.1) is 0 Å². The Morgan fingerprint density at radius 2 is 1.70 bits per heavy atom. The van der Waals surface area contributed by atoms with Gasteiger partial charge in [-0.25, -0.2) is 0 Å². The number of hydrogen-bond acceptors (Lipinski definition) is 3. The van der Waals surface area contributed by atoms with Gasteiger partial charge in [-0.05, 0) is 48.9 Å².